The van der Waals surface area contributed by atoms with Crippen molar-refractivity contribution in [3.05, 3.63) is 89.0 Å². The lowest BCUT2D eigenvalue weighted by Crippen LogP contribution is -2.40. The van der Waals surface area contributed by atoms with Gasteiger partial charge in [-0.25, -0.2) is 4.39 Å². The summed E-state index contributed by atoms with van der Waals surface area (Å²) in [5, 5.41) is 2.87. The largest absolute Gasteiger partial charge is 0.491 e. The number of carbonyl (C=O) groups excluding carboxylic acids is 3. The molecule has 7 nitrogen and oxygen atoms in total. The lowest BCUT2D eigenvalue weighted by atomic mass is 10.1. The zero-order chi connectivity index (χ0) is 25.8. The molecule has 0 saturated heterocycles. The van der Waals surface area contributed by atoms with Gasteiger partial charge in [0, 0.05) is 16.7 Å². The van der Waals surface area contributed by atoms with E-state index >= 15 is 4.39 Å². The average molecular weight is 481 g/mol. The number of amides is 3. The summed E-state index contributed by atoms with van der Waals surface area (Å²) in [6, 6.07) is 12.8. The third-order valence-corrected chi connectivity index (χ3v) is 5.12. The van der Waals surface area contributed by atoms with Crippen LogP contribution in [0.3, 0.4) is 0 Å². The number of ether oxygens (including phenoxy) is 2. The number of halogens is 1. The van der Waals surface area contributed by atoms with Gasteiger partial charge in [-0.2, -0.15) is 0 Å². The summed E-state index contributed by atoms with van der Waals surface area (Å²) in [7, 11) is 0. The average Bonchev–Trinajstić information content (AvgIpc) is 3.05. The molecule has 3 amide bonds. The number of rotatable bonds is 9. The third-order valence-electron chi connectivity index (χ3n) is 5.12. The van der Waals surface area contributed by atoms with Gasteiger partial charge >= 0.3 is 0 Å². The number of allylic oxidation sites excluding steroid dienone is 1. The molecule has 0 aromatic heterocycles. The Labute approximate surface area is 204 Å². The first-order valence-electron chi connectivity index (χ1n) is 11.2. The first kappa shape index (κ1) is 25.7. The van der Waals surface area contributed by atoms with Crippen LogP contribution in [0.25, 0.3) is 0 Å². The first-order valence-corrected chi connectivity index (χ1v) is 11.2. The Morgan fingerprint density at radius 2 is 1.60 bits per heavy atom. The smallest absolute Gasteiger partial charge is 0.261 e. The van der Waals surface area contributed by atoms with Crippen molar-refractivity contribution in [2.24, 2.45) is 0 Å². The number of imide groups is 1. The Balaban J connectivity index is 1.78. The zero-order valence-corrected chi connectivity index (χ0v) is 20.3. The van der Waals surface area contributed by atoms with E-state index < -0.39 is 17.6 Å². The van der Waals surface area contributed by atoms with Crippen LogP contribution in [-0.2, 0) is 4.74 Å². The maximum atomic E-state index is 15.2. The molecule has 2 aromatic rings. The van der Waals surface area contributed by atoms with E-state index in [2.05, 4.69) is 11.9 Å². The molecule has 0 atom stereocenters. The van der Waals surface area contributed by atoms with E-state index in [4.69, 9.17) is 9.47 Å². The minimum atomic E-state index is -0.787. The highest BCUT2D eigenvalue weighted by atomic mass is 19.1. The van der Waals surface area contributed by atoms with E-state index in [9.17, 15) is 14.4 Å². The van der Waals surface area contributed by atoms with E-state index in [1.807, 2.05) is 20.8 Å². The minimum absolute atomic E-state index is 0.0208. The summed E-state index contributed by atoms with van der Waals surface area (Å²) in [6.45, 7) is 10.5. The standard InChI is InChI=1S/C27H29FN2O5/c1-6-34-17(2)23(28)19(15-30-25(32)21-9-7-8-10-22(21)26(30)33)16-35-20-13-11-18(12-14-20)24(31)29-27(3,4)5/h7-14H,2,6,15-16H2,1,3-5H3,(H,29,31)/b23-19+. The maximum absolute atomic E-state index is 15.2. The summed E-state index contributed by atoms with van der Waals surface area (Å²) in [4.78, 5) is 38.8. The van der Waals surface area contributed by atoms with Crippen LogP contribution >= 0.6 is 0 Å². The summed E-state index contributed by atoms with van der Waals surface area (Å²) >= 11 is 0. The van der Waals surface area contributed by atoms with Crippen molar-refractivity contribution >= 4 is 17.7 Å². The maximum Gasteiger partial charge on any atom is 0.261 e. The Kier molecular flexibility index (Phi) is 7.74. The van der Waals surface area contributed by atoms with Crippen molar-refractivity contribution in [3.63, 3.8) is 0 Å². The summed E-state index contributed by atoms with van der Waals surface area (Å²) < 4.78 is 26.1. The van der Waals surface area contributed by atoms with E-state index in [0.717, 1.165) is 4.90 Å². The number of nitrogens with one attached hydrogen (secondary N) is 1. The fourth-order valence-corrected chi connectivity index (χ4v) is 3.47. The van der Waals surface area contributed by atoms with Gasteiger partial charge in [0.25, 0.3) is 17.7 Å². The van der Waals surface area contributed by atoms with Crippen LogP contribution in [0.1, 0.15) is 58.8 Å². The van der Waals surface area contributed by atoms with E-state index in [-0.39, 0.29) is 53.7 Å². The molecule has 1 aliphatic heterocycles. The highest BCUT2D eigenvalue weighted by molar-refractivity contribution is 6.21. The number of nitrogens with zero attached hydrogens (tertiary/aromatic N) is 1. The molecule has 0 saturated carbocycles. The highest BCUT2D eigenvalue weighted by Gasteiger charge is 2.36. The fourth-order valence-electron chi connectivity index (χ4n) is 3.47. The summed E-state index contributed by atoms with van der Waals surface area (Å²) in [5.74, 6) is -1.86. The molecule has 0 radical (unpaired) electrons. The van der Waals surface area contributed by atoms with Crippen molar-refractivity contribution in [2.75, 3.05) is 19.8 Å². The van der Waals surface area contributed by atoms with Crippen LogP contribution in [0, 0.1) is 0 Å². The molecule has 0 bridgehead atoms. The predicted molar refractivity (Wildman–Crippen MR) is 130 cm³/mol. The lowest BCUT2D eigenvalue weighted by molar-refractivity contribution is 0.0663. The number of hydrogen-bond donors (Lipinski definition) is 1. The Morgan fingerprint density at radius 3 is 2.11 bits per heavy atom. The summed E-state index contributed by atoms with van der Waals surface area (Å²) in [5.41, 5.74) is 0.630. The Bertz CT molecular complexity index is 1140. The quantitative estimate of drug-likeness (QED) is 0.321. The third kappa shape index (κ3) is 6.15. The van der Waals surface area contributed by atoms with Crippen molar-refractivity contribution in [3.8, 4) is 5.75 Å². The van der Waals surface area contributed by atoms with Gasteiger partial charge in [0.1, 0.15) is 18.1 Å². The highest BCUT2D eigenvalue weighted by Crippen LogP contribution is 2.26. The predicted octanol–water partition coefficient (Wildman–Crippen LogP) is 4.66. The van der Waals surface area contributed by atoms with E-state index in [1.165, 1.54) is 0 Å². The fraction of sp³-hybridized carbons (Fsp3) is 0.296. The molecule has 1 N–H and O–H groups in total. The van der Waals surface area contributed by atoms with Crippen LogP contribution < -0.4 is 10.1 Å². The van der Waals surface area contributed by atoms with Crippen LogP contribution in [0.15, 0.2) is 72.3 Å². The Hall–Kier alpha value is -3.94. The SMILES string of the molecule is C=C(OCC)/C(F)=C(\COc1ccc(C(=O)NC(C)(C)C)cc1)CN1C(=O)c2ccccc2C1=O. The molecule has 0 spiro atoms. The monoisotopic (exact) mass is 480 g/mol. The van der Waals surface area contributed by atoms with Gasteiger partial charge in [0.15, 0.2) is 5.83 Å². The molecule has 0 fully saturated rings. The van der Waals surface area contributed by atoms with Crippen LogP contribution in [0.5, 0.6) is 5.75 Å². The second-order valence-electron chi connectivity index (χ2n) is 9.03. The number of benzene rings is 2. The molecule has 0 aliphatic carbocycles. The van der Waals surface area contributed by atoms with Crippen LogP contribution in [0.4, 0.5) is 4.39 Å². The minimum Gasteiger partial charge on any atom is -0.491 e. The van der Waals surface area contributed by atoms with Gasteiger partial charge in [-0.3, -0.25) is 19.3 Å². The normalized spacial score (nSPS) is 13.8. The molecule has 184 valence electrons. The van der Waals surface area contributed by atoms with Crippen molar-refractivity contribution in [1.82, 2.24) is 10.2 Å². The van der Waals surface area contributed by atoms with Gasteiger partial charge in [0.2, 0.25) is 0 Å². The molecule has 3 rings (SSSR count). The molecular weight excluding hydrogens is 451 g/mol. The van der Waals surface area contributed by atoms with Gasteiger partial charge in [-0.15, -0.1) is 0 Å². The van der Waals surface area contributed by atoms with E-state index in [1.54, 1.807) is 55.5 Å². The number of carbonyl (C=O) groups is 3. The second kappa shape index (κ2) is 10.5. The molecule has 35 heavy (non-hydrogen) atoms. The van der Waals surface area contributed by atoms with Gasteiger partial charge in [-0.05, 0) is 64.1 Å². The zero-order valence-electron chi connectivity index (χ0n) is 20.3. The molecule has 1 heterocycles. The Morgan fingerprint density at radius 1 is 1.03 bits per heavy atom. The lowest BCUT2D eigenvalue weighted by Gasteiger charge is -2.20. The molecule has 8 heteroatoms. The van der Waals surface area contributed by atoms with Gasteiger partial charge in [-0.1, -0.05) is 18.7 Å². The van der Waals surface area contributed by atoms with E-state index in [0.29, 0.717) is 11.3 Å². The number of fused-ring (bicyclic) bond motifs is 1. The topological polar surface area (TPSA) is 84.9 Å². The molecule has 0 unspecified atom stereocenters. The van der Waals surface area contributed by atoms with Crippen LogP contribution in [0.2, 0.25) is 0 Å². The first-order chi connectivity index (χ1) is 16.5. The van der Waals surface area contributed by atoms with Crippen LogP contribution in [-0.4, -0.2) is 47.9 Å². The summed E-state index contributed by atoms with van der Waals surface area (Å²) in [6.07, 6.45) is 0. The second-order valence-corrected chi connectivity index (χ2v) is 9.03. The molecule has 2 aromatic carbocycles. The molecular formula is C27H29FN2O5. The number of hydrogen-bond acceptors (Lipinski definition) is 5. The van der Waals surface area contributed by atoms with Gasteiger partial charge < -0.3 is 14.8 Å². The van der Waals surface area contributed by atoms with Crippen molar-refractivity contribution in [2.45, 2.75) is 33.2 Å². The van der Waals surface area contributed by atoms with Crippen molar-refractivity contribution in [1.29, 1.82) is 0 Å². The van der Waals surface area contributed by atoms with Crippen molar-refractivity contribution < 1.29 is 28.2 Å². The molecule has 1 aliphatic rings. The van der Waals surface area contributed by atoms with Gasteiger partial charge in [0.05, 0.1) is 24.3 Å².